The third-order valence-electron chi connectivity index (χ3n) is 3.86. The third kappa shape index (κ3) is 4.37. The molecule has 0 saturated carbocycles. The van der Waals surface area contributed by atoms with E-state index in [1.807, 2.05) is 42.5 Å². The van der Waals surface area contributed by atoms with Gasteiger partial charge in [0.05, 0.1) is 23.1 Å². The van der Waals surface area contributed by atoms with E-state index < -0.39 is 0 Å². The quantitative estimate of drug-likeness (QED) is 0.647. The maximum atomic E-state index is 12.3. The van der Waals surface area contributed by atoms with E-state index in [1.165, 1.54) is 18.0 Å². The van der Waals surface area contributed by atoms with Crippen molar-refractivity contribution in [3.63, 3.8) is 0 Å². The van der Waals surface area contributed by atoms with Crippen LogP contribution in [0.4, 0.5) is 17.2 Å². The molecule has 0 aliphatic carbocycles. The topological polar surface area (TPSA) is 66.9 Å². The van der Waals surface area contributed by atoms with Gasteiger partial charge in [-0.1, -0.05) is 49.7 Å². The van der Waals surface area contributed by atoms with Gasteiger partial charge in [-0.3, -0.25) is 4.79 Å². The van der Waals surface area contributed by atoms with Gasteiger partial charge in [0.25, 0.3) is 5.91 Å². The van der Waals surface area contributed by atoms with Crippen LogP contribution in [0.15, 0.2) is 60.9 Å². The van der Waals surface area contributed by atoms with Gasteiger partial charge in [0.2, 0.25) is 0 Å². The maximum absolute atomic E-state index is 12.3. The van der Waals surface area contributed by atoms with E-state index in [0.717, 1.165) is 11.4 Å². The highest BCUT2D eigenvalue weighted by molar-refractivity contribution is 6.33. The molecule has 0 unspecified atom stereocenters. The van der Waals surface area contributed by atoms with Gasteiger partial charge in [-0.25, -0.2) is 9.97 Å². The van der Waals surface area contributed by atoms with Crippen molar-refractivity contribution in [1.82, 2.24) is 9.97 Å². The normalized spacial score (nSPS) is 10.6. The number of benzene rings is 2. The highest BCUT2D eigenvalue weighted by Crippen LogP contribution is 2.23. The number of aromatic nitrogens is 2. The van der Waals surface area contributed by atoms with Crippen molar-refractivity contribution in [2.45, 2.75) is 19.8 Å². The van der Waals surface area contributed by atoms with Crippen molar-refractivity contribution >= 4 is 34.7 Å². The van der Waals surface area contributed by atoms with Gasteiger partial charge >= 0.3 is 0 Å². The maximum Gasteiger partial charge on any atom is 0.275 e. The number of hydrogen-bond acceptors (Lipinski definition) is 4. The fraction of sp³-hybridized carbons (Fsp3) is 0.150. The second-order valence-electron chi connectivity index (χ2n) is 6.12. The Morgan fingerprint density at radius 3 is 2.35 bits per heavy atom. The molecule has 0 radical (unpaired) electrons. The highest BCUT2D eigenvalue weighted by Gasteiger charge is 2.09. The lowest BCUT2D eigenvalue weighted by atomic mass is 10.0. The molecule has 1 aromatic heterocycles. The molecular formula is C20H19ClN4O. The van der Waals surface area contributed by atoms with Gasteiger partial charge in [0.1, 0.15) is 11.5 Å². The molecule has 0 aliphatic heterocycles. The molecule has 0 spiro atoms. The van der Waals surface area contributed by atoms with Crippen molar-refractivity contribution < 1.29 is 4.79 Å². The largest absolute Gasteiger partial charge is 0.338 e. The average Bonchev–Trinajstić information content (AvgIpc) is 2.64. The van der Waals surface area contributed by atoms with E-state index in [9.17, 15) is 4.79 Å². The number of amides is 1. The molecule has 0 fully saturated rings. The molecule has 6 heteroatoms. The van der Waals surface area contributed by atoms with Crippen molar-refractivity contribution in [1.29, 1.82) is 0 Å². The van der Waals surface area contributed by atoms with Crippen LogP contribution in [0.2, 0.25) is 5.02 Å². The summed E-state index contributed by atoms with van der Waals surface area (Å²) in [6.45, 7) is 4.25. The lowest BCUT2D eigenvalue weighted by Gasteiger charge is -2.09. The fourth-order valence-electron chi connectivity index (χ4n) is 2.36. The summed E-state index contributed by atoms with van der Waals surface area (Å²) in [4.78, 5) is 20.7. The number of nitrogens with zero attached hydrogens (tertiary/aromatic N) is 2. The number of nitrogens with one attached hydrogen (secondary N) is 2. The Kier molecular flexibility index (Phi) is 5.49. The van der Waals surface area contributed by atoms with Gasteiger partial charge in [-0.05, 0) is 35.7 Å². The first kappa shape index (κ1) is 17.9. The lowest BCUT2D eigenvalue weighted by molar-refractivity contribution is 0.102. The van der Waals surface area contributed by atoms with Crippen LogP contribution in [0.5, 0.6) is 0 Å². The lowest BCUT2D eigenvalue weighted by Crippen LogP contribution is -2.14. The summed E-state index contributed by atoms with van der Waals surface area (Å²) in [5, 5.41) is 6.47. The zero-order valence-electron chi connectivity index (χ0n) is 14.5. The molecule has 3 aromatic rings. The van der Waals surface area contributed by atoms with Crippen LogP contribution < -0.4 is 10.6 Å². The number of anilines is 3. The van der Waals surface area contributed by atoms with Crippen LogP contribution in [-0.2, 0) is 0 Å². The molecule has 0 saturated heterocycles. The molecule has 0 atom stereocenters. The highest BCUT2D eigenvalue weighted by atomic mass is 35.5. The van der Waals surface area contributed by atoms with Crippen LogP contribution >= 0.6 is 11.6 Å². The van der Waals surface area contributed by atoms with Crippen LogP contribution in [0.3, 0.4) is 0 Å². The van der Waals surface area contributed by atoms with Crippen LogP contribution in [0.25, 0.3) is 0 Å². The van der Waals surface area contributed by atoms with E-state index >= 15 is 0 Å². The van der Waals surface area contributed by atoms with Crippen molar-refractivity contribution in [3.8, 4) is 0 Å². The Labute approximate surface area is 157 Å². The Bertz CT molecular complexity index is 892. The van der Waals surface area contributed by atoms with E-state index in [4.69, 9.17) is 11.6 Å². The SMILES string of the molecule is CC(C)c1ccc(NC(=O)c2cnc(Nc3ccccc3Cl)cn2)cc1. The number of carbonyl (C=O) groups excluding carboxylic acids is 1. The standard InChI is InChI=1S/C20H19ClN4O/c1-13(2)14-7-9-15(10-8-14)24-20(26)18-11-23-19(12-22-18)25-17-6-4-3-5-16(17)21/h3-13H,1-2H3,(H,23,25)(H,24,26). The smallest absolute Gasteiger partial charge is 0.275 e. The van der Waals surface area contributed by atoms with Crippen molar-refractivity contribution in [2.75, 3.05) is 10.6 Å². The molecular weight excluding hydrogens is 348 g/mol. The second-order valence-corrected chi connectivity index (χ2v) is 6.53. The predicted octanol–water partition coefficient (Wildman–Crippen LogP) is 5.25. The van der Waals surface area contributed by atoms with Crippen molar-refractivity contribution in [3.05, 3.63) is 77.2 Å². The first-order valence-electron chi connectivity index (χ1n) is 8.28. The third-order valence-corrected chi connectivity index (χ3v) is 4.19. The fourth-order valence-corrected chi connectivity index (χ4v) is 2.54. The zero-order valence-corrected chi connectivity index (χ0v) is 15.3. The molecule has 2 aromatic carbocycles. The van der Waals surface area contributed by atoms with Gasteiger partial charge in [-0.2, -0.15) is 0 Å². The minimum atomic E-state index is -0.306. The molecule has 26 heavy (non-hydrogen) atoms. The molecule has 0 aliphatic rings. The molecule has 132 valence electrons. The first-order chi connectivity index (χ1) is 12.5. The van der Waals surface area contributed by atoms with E-state index in [0.29, 0.717) is 16.8 Å². The Hall–Kier alpha value is -2.92. The van der Waals surface area contributed by atoms with Crippen LogP contribution in [0, 0.1) is 0 Å². The van der Waals surface area contributed by atoms with E-state index in [-0.39, 0.29) is 11.6 Å². The summed E-state index contributed by atoms with van der Waals surface area (Å²) in [7, 11) is 0. The number of halogens is 1. The minimum absolute atomic E-state index is 0.239. The zero-order chi connectivity index (χ0) is 18.5. The molecule has 1 heterocycles. The summed E-state index contributed by atoms with van der Waals surface area (Å²) in [5.41, 5.74) is 2.91. The summed E-state index contributed by atoms with van der Waals surface area (Å²) >= 11 is 6.10. The Morgan fingerprint density at radius 1 is 1.00 bits per heavy atom. The second kappa shape index (κ2) is 7.97. The summed E-state index contributed by atoms with van der Waals surface area (Å²) in [6.07, 6.45) is 2.93. The van der Waals surface area contributed by atoms with Gasteiger partial charge < -0.3 is 10.6 Å². The predicted molar refractivity (Wildman–Crippen MR) is 105 cm³/mol. The van der Waals surface area contributed by atoms with Gasteiger partial charge in [0.15, 0.2) is 0 Å². The Balaban J connectivity index is 1.66. The van der Waals surface area contributed by atoms with E-state index in [1.54, 1.807) is 6.07 Å². The Morgan fingerprint density at radius 2 is 1.73 bits per heavy atom. The number of para-hydroxylation sites is 1. The number of hydrogen-bond donors (Lipinski definition) is 2. The summed E-state index contributed by atoms with van der Waals surface area (Å²) in [6, 6.07) is 15.1. The first-order valence-corrected chi connectivity index (χ1v) is 8.65. The average molecular weight is 367 g/mol. The monoisotopic (exact) mass is 366 g/mol. The molecule has 2 N–H and O–H groups in total. The van der Waals surface area contributed by atoms with Crippen molar-refractivity contribution in [2.24, 2.45) is 0 Å². The molecule has 3 rings (SSSR count). The van der Waals surface area contributed by atoms with Gasteiger partial charge in [-0.15, -0.1) is 0 Å². The number of rotatable bonds is 5. The van der Waals surface area contributed by atoms with Crippen LogP contribution in [-0.4, -0.2) is 15.9 Å². The molecule has 1 amide bonds. The van der Waals surface area contributed by atoms with Gasteiger partial charge in [0, 0.05) is 5.69 Å². The minimum Gasteiger partial charge on any atom is -0.338 e. The molecule has 5 nitrogen and oxygen atoms in total. The summed E-state index contributed by atoms with van der Waals surface area (Å²) < 4.78 is 0. The summed E-state index contributed by atoms with van der Waals surface area (Å²) in [5.74, 6) is 0.652. The van der Waals surface area contributed by atoms with E-state index in [2.05, 4.69) is 34.4 Å². The number of carbonyl (C=O) groups is 1. The molecule has 0 bridgehead atoms. The van der Waals surface area contributed by atoms with Crippen LogP contribution in [0.1, 0.15) is 35.8 Å².